The maximum Gasteiger partial charge on any atom is 0.262 e. The summed E-state index contributed by atoms with van der Waals surface area (Å²) in [6, 6.07) is 10.7. The van der Waals surface area contributed by atoms with Crippen molar-refractivity contribution in [2.24, 2.45) is 5.73 Å². The molecule has 0 bridgehead atoms. The molecule has 2 aromatic rings. The summed E-state index contributed by atoms with van der Waals surface area (Å²) in [7, 11) is -3.86. The number of nitrogens with one attached hydrogen (secondary N) is 1. The number of carbonyl (C=O) groups excluding carboxylic acids is 1. The minimum atomic E-state index is -3.86. The predicted octanol–water partition coefficient (Wildman–Crippen LogP) is 1.48. The highest BCUT2D eigenvalue weighted by Crippen LogP contribution is 2.23. The van der Waals surface area contributed by atoms with E-state index in [1.165, 1.54) is 18.2 Å². The highest BCUT2D eigenvalue weighted by molar-refractivity contribution is 7.92. The van der Waals surface area contributed by atoms with E-state index in [-0.39, 0.29) is 16.1 Å². The molecule has 1 amide bonds. The summed E-state index contributed by atoms with van der Waals surface area (Å²) >= 11 is 0. The quantitative estimate of drug-likeness (QED) is 0.742. The highest BCUT2D eigenvalue weighted by atomic mass is 32.2. The van der Waals surface area contributed by atoms with Gasteiger partial charge in [0.25, 0.3) is 15.9 Å². The van der Waals surface area contributed by atoms with Crippen LogP contribution in [0.15, 0.2) is 47.4 Å². The van der Waals surface area contributed by atoms with Gasteiger partial charge < -0.3 is 11.5 Å². The lowest BCUT2D eigenvalue weighted by Crippen LogP contribution is -2.19. The Labute approximate surface area is 122 Å². The predicted molar refractivity (Wildman–Crippen MR) is 81.4 cm³/mol. The normalized spacial score (nSPS) is 11.1. The maximum absolute atomic E-state index is 12.4. The van der Waals surface area contributed by atoms with Crippen molar-refractivity contribution in [2.75, 3.05) is 10.5 Å². The minimum Gasteiger partial charge on any atom is -0.399 e. The molecule has 2 rings (SSSR count). The number of aryl methyl sites for hydroxylation is 1. The maximum atomic E-state index is 12.4. The van der Waals surface area contributed by atoms with Gasteiger partial charge in [0.1, 0.15) is 0 Å². The van der Waals surface area contributed by atoms with Crippen LogP contribution in [0.3, 0.4) is 0 Å². The van der Waals surface area contributed by atoms with Gasteiger partial charge in [-0.2, -0.15) is 0 Å². The van der Waals surface area contributed by atoms with E-state index in [2.05, 4.69) is 4.72 Å². The first-order valence-corrected chi connectivity index (χ1v) is 7.57. The van der Waals surface area contributed by atoms with Crippen molar-refractivity contribution in [2.45, 2.75) is 11.8 Å². The standard InChI is InChI=1S/C14H15N3O3S/c1-9-6-7-10(15)8-13(9)21(19,20)17-12-5-3-2-4-11(12)14(16)18/h2-8,17H,15H2,1H3,(H2,16,18). The number of nitrogens with two attached hydrogens (primary N) is 2. The molecule has 0 spiro atoms. The van der Waals surface area contributed by atoms with Crippen molar-refractivity contribution in [1.82, 2.24) is 0 Å². The van der Waals surface area contributed by atoms with Gasteiger partial charge in [-0.1, -0.05) is 18.2 Å². The molecular weight excluding hydrogens is 290 g/mol. The summed E-state index contributed by atoms with van der Waals surface area (Å²) in [5, 5.41) is 0. The molecule has 0 aliphatic rings. The Kier molecular flexibility index (Phi) is 3.86. The fourth-order valence-electron chi connectivity index (χ4n) is 1.89. The van der Waals surface area contributed by atoms with E-state index < -0.39 is 15.9 Å². The van der Waals surface area contributed by atoms with Crippen LogP contribution >= 0.6 is 0 Å². The van der Waals surface area contributed by atoms with Crippen molar-refractivity contribution in [3.63, 3.8) is 0 Å². The van der Waals surface area contributed by atoms with E-state index in [1.54, 1.807) is 31.2 Å². The van der Waals surface area contributed by atoms with Crippen LogP contribution in [0.4, 0.5) is 11.4 Å². The van der Waals surface area contributed by atoms with Crippen LogP contribution in [0.2, 0.25) is 0 Å². The molecule has 0 aromatic heterocycles. The van der Waals surface area contributed by atoms with Crippen molar-refractivity contribution < 1.29 is 13.2 Å². The average Bonchev–Trinajstić information content (AvgIpc) is 2.41. The molecule has 7 heteroatoms. The number of amides is 1. The van der Waals surface area contributed by atoms with Crippen LogP contribution in [0.25, 0.3) is 0 Å². The van der Waals surface area contributed by atoms with Crippen LogP contribution in [0.1, 0.15) is 15.9 Å². The Balaban J connectivity index is 2.48. The fourth-order valence-corrected chi connectivity index (χ4v) is 3.25. The lowest BCUT2D eigenvalue weighted by Gasteiger charge is -2.13. The van der Waals surface area contributed by atoms with Crippen molar-refractivity contribution in [1.29, 1.82) is 0 Å². The SMILES string of the molecule is Cc1ccc(N)cc1S(=O)(=O)Nc1ccccc1C(N)=O. The van der Waals surface area contributed by atoms with Crippen molar-refractivity contribution >= 4 is 27.3 Å². The number of rotatable bonds is 4. The zero-order valence-corrected chi connectivity index (χ0v) is 12.1. The lowest BCUT2D eigenvalue weighted by atomic mass is 10.2. The number of hydrogen-bond acceptors (Lipinski definition) is 4. The third-order valence-corrected chi connectivity index (χ3v) is 4.45. The smallest absolute Gasteiger partial charge is 0.262 e. The van der Waals surface area contributed by atoms with E-state index >= 15 is 0 Å². The van der Waals surface area contributed by atoms with Crippen molar-refractivity contribution in [3.8, 4) is 0 Å². The number of para-hydroxylation sites is 1. The van der Waals surface area contributed by atoms with Gasteiger partial charge in [0.2, 0.25) is 0 Å². The number of anilines is 2. The van der Waals surface area contributed by atoms with Crippen LogP contribution in [-0.2, 0) is 10.0 Å². The van der Waals surface area contributed by atoms with Gasteiger partial charge in [-0.25, -0.2) is 8.42 Å². The molecule has 0 saturated heterocycles. The summed E-state index contributed by atoms with van der Waals surface area (Å²) in [6.45, 7) is 1.66. The largest absolute Gasteiger partial charge is 0.399 e. The van der Waals surface area contributed by atoms with E-state index in [1.807, 2.05) is 0 Å². The molecule has 0 radical (unpaired) electrons. The second-order valence-electron chi connectivity index (χ2n) is 4.54. The molecule has 0 unspecified atom stereocenters. The molecule has 2 aromatic carbocycles. The number of nitrogen functional groups attached to an aromatic ring is 1. The average molecular weight is 305 g/mol. The summed E-state index contributed by atoms with van der Waals surface area (Å²) in [5.41, 5.74) is 12.0. The van der Waals surface area contributed by atoms with Crippen LogP contribution in [-0.4, -0.2) is 14.3 Å². The first kappa shape index (κ1) is 14.9. The molecular formula is C14H15N3O3S. The molecule has 0 atom stereocenters. The number of sulfonamides is 1. The van der Waals surface area contributed by atoms with Gasteiger partial charge in [-0.05, 0) is 36.8 Å². The fraction of sp³-hybridized carbons (Fsp3) is 0.0714. The topological polar surface area (TPSA) is 115 Å². The van der Waals surface area contributed by atoms with E-state index in [0.717, 1.165) is 0 Å². The number of primary amides is 1. The molecule has 0 heterocycles. The zero-order valence-electron chi connectivity index (χ0n) is 11.3. The molecule has 0 aliphatic heterocycles. The lowest BCUT2D eigenvalue weighted by molar-refractivity contribution is 0.100. The minimum absolute atomic E-state index is 0.0572. The van der Waals surface area contributed by atoms with Gasteiger partial charge in [-0.3, -0.25) is 9.52 Å². The van der Waals surface area contributed by atoms with Gasteiger partial charge in [0.05, 0.1) is 16.1 Å². The third-order valence-electron chi connectivity index (χ3n) is 2.94. The molecule has 0 aliphatic carbocycles. The second-order valence-corrected chi connectivity index (χ2v) is 6.19. The van der Waals surface area contributed by atoms with Gasteiger partial charge in [0, 0.05) is 5.69 Å². The molecule has 6 nitrogen and oxygen atoms in total. The van der Waals surface area contributed by atoms with Crippen LogP contribution < -0.4 is 16.2 Å². The third kappa shape index (κ3) is 3.14. The van der Waals surface area contributed by atoms with Crippen LogP contribution in [0, 0.1) is 6.92 Å². The monoisotopic (exact) mass is 305 g/mol. The molecule has 5 N–H and O–H groups in total. The zero-order chi connectivity index (χ0) is 15.6. The molecule has 21 heavy (non-hydrogen) atoms. The second kappa shape index (κ2) is 5.45. The first-order chi connectivity index (χ1) is 9.81. The van der Waals surface area contributed by atoms with Gasteiger partial charge >= 0.3 is 0 Å². The van der Waals surface area contributed by atoms with Gasteiger partial charge in [0.15, 0.2) is 0 Å². The first-order valence-electron chi connectivity index (χ1n) is 6.09. The molecule has 110 valence electrons. The Morgan fingerprint density at radius 2 is 1.81 bits per heavy atom. The summed E-state index contributed by atoms with van der Waals surface area (Å²) in [5.74, 6) is -0.711. The number of carbonyl (C=O) groups is 1. The molecule has 0 saturated carbocycles. The van der Waals surface area contributed by atoms with Crippen molar-refractivity contribution in [3.05, 3.63) is 53.6 Å². The highest BCUT2D eigenvalue weighted by Gasteiger charge is 2.19. The Bertz CT molecular complexity index is 801. The van der Waals surface area contributed by atoms with E-state index in [4.69, 9.17) is 11.5 Å². The van der Waals surface area contributed by atoms with E-state index in [0.29, 0.717) is 11.3 Å². The Hall–Kier alpha value is -2.54. The Morgan fingerprint density at radius 1 is 1.14 bits per heavy atom. The van der Waals surface area contributed by atoms with Gasteiger partial charge in [-0.15, -0.1) is 0 Å². The molecule has 0 fully saturated rings. The van der Waals surface area contributed by atoms with Crippen LogP contribution in [0.5, 0.6) is 0 Å². The number of hydrogen-bond donors (Lipinski definition) is 3. The Morgan fingerprint density at radius 3 is 2.48 bits per heavy atom. The van der Waals surface area contributed by atoms with E-state index in [9.17, 15) is 13.2 Å². The summed E-state index contributed by atoms with van der Waals surface area (Å²) in [4.78, 5) is 11.4. The summed E-state index contributed by atoms with van der Waals surface area (Å²) in [6.07, 6.45) is 0. The number of benzene rings is 2. The summed E-state index contributed by atoms with van der Waals surface area (Å²) < 4.78 is 27.2.